The normalized spacial score (nSPS) is 26.9. The number of rotatable bonds is 3. The average Bonchev–Trinajstić information content (AvgIpc) is 2.53. The van der Waals surface area contributed by atoms with Crippen molar-refractivity contribution in [3.05, 3.63) is 0 Å². The number of ketones is 1. The van der Waals surface area contributed by atoms with E-state index in [-0.39, 0.29) is 12.0 Å². The van der Waals surface area contributed by atoms with Crippen LogP contribution in [0.2, 0.25) is 0 Å². The minimum absolute atomic E-state index is 0.0788. The van der Waals surface area contributed by atoms with Crippen LogP contribution in [-0.2, 0) is 9.53 Å². The zero-order valence-electron chi connectivity index (χ0n) is 7.30. The minimum atomic E-state index is -0.0788. The summed E-state index contributed by atoms with van der Waals surface area (Å²) in [5.74, 6) is 0.475. The van der Waals surface area contributed by atoms with E-state index in [9.17, 15) is 4.79 Å². The molecule has 0 amide bonds. The molecule has 64 valence electrons. The summed E-state index contributed by atoms with van der Waals surface area (Å²) in [6.07, 6.45) is 2.83. The Hall–Kier alpha value is -0.370. The first kappa shape index (κ1) is 8.72. The van der Waals surface area contributed by atoms with Gasteiger partial charge in [-0.25, -0.2) is 0 Å². The van der Waals surface area contributed by atoms with Gasteiger partial charge >= 0.3 is 0 Å². The molecule has 0 bridgehead atoms. The maximum Gasteiger partial charge on any atom is 0.164 e. The highest BCUT2D eigenvalue weighted by Crippen LogP contribution is 2.17. The molecule has 1 heterocycles. The molecule has 2 heteroatoms. The SMILES string of the molecule is CCC(C)C(=O)C1CCCO1. The fourth-order valence-electron chi connectivity index (χ4n) is 1.32. The molecule has 2 unspecified atom stereocenters. The van der Waals surface area contributed by atoms with Gasteiger partial charge in [-0.05, 0) is 19.3 Å². The molecule has 1 aliphatic heterocycles. The van der Waals surface area contributed by atoms with Crippen LogP contribution in [0.4, 0.5) is 0 Å². The van der Waals surface area contributed by atoms with Gasteiger partial charge in [0.1, 0.15) is 6.10 Å². The highest BCUT2D eigenvalue weighted by molar-refractivity contribution is 5.85. The van der Waals surface area contributed by atoms with Gasteiger partial charge in [-0.2, -0.15) is 0 Å². The molecular formula is C9H16O2. The summed E-state index contributed by atoms with van der Waals surface area (Å²) in [5.41, 5.74) is 0. The maximum absolute atomic E-state index is 11.5. The average molecular weight is 156 g/mol. The second kappa shape index (κ2) is 3.86. The van der Waals surface area contributed by atoms with Crippen LogP contribution in [0.25, 0.3) is 0 Å². The number of ether oxygens (including phenoxy) is 1. The van der Waals surface area contributed by atoms with E-state index in [0.29, 0.717) is 5.78 Å². The standard InChI is InChI=1S/C9H16O2/c1-3-7(2)9(10)8-5-4-6-11-8/h7-8H,3-6H2,1-2H3. The number of hydrogen-bond acceptors (Lipinski definition) is 2. The Morgan fingerprint density at radius 2 is 2.45 bits per heavy atom. The van der Waals surface area contributed by atoms with Crippen LogP contribution in [-0.4, -0.2) is 18.5 Å². The molecule has 0 aromatic heterocycles. The molecule has 11 heavy (non-hydrogen) atoms. The summed E-state index contributed by atoms with van der Waals surface area (Å²) in [6.45, 7) is 4.79. The molecule has 1 aliphatic rings. The van der Waals surface area contributed by atoms with Gasteiger partial charge in [0.15, 0.2) is 5.78 Å². The second-order valence-electron chi connectivity index (χ2n) is 3.21. The number of Topliss-reactive ketones (excluding diaryl/α,β-unsaturated/α-hetero) is 1. The van der Waals surface area contributed by atoms with E-state index in [4.69, 9.17) is 4.74 Å². The lowest BCUT2D eigenvalue weighted by Gasteiger charge is -2.12. The first-order valence-electron chi connectivity index (χ1n) is 4.41. The molecule has 0 N–H and O–H groups in total. The van der Waals surface area contributed by atoms with Crippen molar-refractivity contribution >= 4 is 5.78 Å². The smallest absolute Gasteiger partial charge is 0.164 e. The van der Waals surface area contributed by atoms with E-state index >= 15 is 0 Å². The molecule has 0 radical (unpaired) electrons. The van der Waals surface area contributed by atoms with E-state index in [1.54, 1.807) is 0 Å². The third kappa shape index (κ3) is 2.03. The predicted molar refractivity (Wildman–Crippen MR) is 43.4 cm³/mol. The van der Waals surface area contributed by atoms with Crippen molar-refractivity contribution < 1.29 is 9.53 Å². The quantitative estimate of drug-likeness (QED) is 0.622. The molecular weight excluding hydrogens is 140 g/mol. The Balaban J connectivity index is 2.39. The summed E-state index contributed by atoms with van der Waals surface area (Å²) in [5, 5.41) is 0. The Bertz CT molecular complexity index is 136. The lowest BCUT2D eigenvalue weighted by atomic mass is 9.98. The summed E-state index contributed by atoms with van der Waals surface area (Å²) in [6, 6.07) is 0. The van der Waals surface area contributed by atoms with Gasteiger partial charge in [0.05, 0.1) is 0 Å². The number of carbonyl (C=O) groups is 1. The zero-order valence-corrected chi connectivity index (χ0v) is 7.30. The lowest BCUT2D eigenvalue weighted by Crippen LogP contribution is -2.25. The summed E-state index contributed by atoms with van der Waals surface area (Å²) >= 11 is 0. The topological polar surface area (TPSA) is 26.3 Å². The van der Waals surface area contributed by atoms with Crippen molar-refractivity contribution in [1.82, 2.24) is 0 Å². The van der Waals surface area contributed by atoms with E-state index in [1.165, 1.54) is 0 Å². The first-order chi connectivity index (χ1) is 5.25. The maximum atomic E-state index is 11.5. The summed E-state index contributed by atoms with van der Waals surface area (Å²) in [4.78, 5) is 11.5. The Morgan fingerprint density at radius 3 is 2.91 bits per heavy atom. The summed E-state index contributed by atoms with van der Waals surface area (Å²) < 4.78 is 5.29. The van der Waals surface area contributed by atoms with Gasteiger partial charge in [-0.1, -0.05) is 13.8 Å². The Morgan fingerprint density at radius 1 is 1.73 bits per heavy atom. The minimum Gasteiger partial charge on any atom is -0.370 e. The van der Waals surface area contributed by atoms with Crippen molar-refractivity contribution in [3.8, 4) is 0 Å². The first-order valence-corrected chi connectivity index (χ1v) is 4.41. The van der Waals surface area contributed by atoms with Crippen molar-refractivity contribution in [1.29, 1.82) is 0 Å². The lowest BCUT2D eigenvalue weighted by molar-refractivity contribution is -0.131. The van der Waals surface area contributed by atoms with Crippen LogP contribution in [0.15, 0.2) is 0 Å². The molecule has 0 aromatic rings. The van der Waals surface area contributed by atoms with Gasteiger partial charge in [-0.3, -0.25) is 4.79 Å². The molecule has 0 saturated carbocycles. The fourth-order valence-corrected chi connectivity index (χ4v) is 1.32. The van der Waals surface area contributed by atoms with E-state index in [2.05, 4.69) is 0 Å². The van der Waals surface area contributed by atoms with Gasteiger partial charge in [0.25, 0.3) is 0 Å². The third-order valence-corrected chi connectivity index (χ3v) is 2.35. The van der Waals surface area contributed by atoms with Crippen molar-refractivity contribution in [3.63, 3.8) is 0 Å². The van der Waals surface area contributed by atoms with Crippen LogP contribution in [0.5, 0.6) is 0 Å². The van der Waals surface area contributed by atoms with E-state index < -0.39 is 0 Å². The Labute approximate surface area is 67.9 Å². The largest absolute Gasteiger partial charge is 0.370 e. The highest BCUT2D eigenvalue weighted by Gasteiger charge is 2.26. The molecule has 1 rings (SSSR count). The molecule has 0 aromatic carbocycles. The number of carbonyl (C=O) groups excluding carboxylic acids is 1. The fraction of sp³-hybridized carbons (Fsp3) is 0.889. The van der Waals surface area contributed by atoms with E-state index in [0.717, 1.165) is 25.9 Å². The van der Waals surface area contributed by atoms with Crippen LogP contribution >= 0.6 is 0 Å². The van der Waals surface area contributed by atoms with Gasteiger partial charge < -0.3 is 4.74 Å². The zero-order chi connectivity index (χ0) is 8.27. The van der Waals surface area contributed by atoms with Crippen molar-refractivity contribution in [2.24, 2.45) is 5.92 Å². The van der Waals surface area contributed by atoms with Gasteiger partial charge in [-0.15, -0.1) is 0 Å². The molecule has 0 aliphatic carbocycles. The molecule has 1 fully saturated rings. The van der Waals surface area contributed by atoms with Crippen molar-refractivity contribution in [2.75, 3.05) is 6.61 Å². The highest BCUT2D eigenvalue weighted by atomic mass is 16.5. The molecule has 2 nitrogen and oxygen atoms in total. The molecule has 0 spiro atoms. The number of hydrogen-bond donors (Lipinski definition) is 0. The van der Waals surface area contributed by atoms with Crippen molar-refractivity contribution in [2.45, 2.75) is 39.2 Å². The monoisotopic (exact) mass is 156 g/mol. The van der Waals surface area contributed by atoms with Gasteiger partial charge in [0.2, 0.25) is 0 Å². The van der Waals surface area contributed by atoms with Crippen LogP contribution < -0.4 is 0 Å². The second-order valence-corrected chi connectivity index (χ2v) is 3.21. The Kier molecular flexibility index (Phi) is 3.06. The van der Waals surface area contributed by atoms with Crippen LogP contribution in [0.1, 0.15) is 33.1 Å². The molecule has 2 atom stereocenters. The van der Waals surface area contributed by atoms with Gasteiger partial charge in [0, 0.05) is 12.5 Å². The van der Waals surface area contributed by atoms with Crippen LogP contribution in [0.3, 0.4) is 0 Å². The van der Waals surface area contributed by atoms with E-state index in [1.807, 2.05) is 13.8 Å². The van der Waals surface area contributed by atoms with Crippen LogP contribution in [0, 0.1) is 5.92 Å². The molecule has 1 saturated heterocycles. The summed E-state index contributed by atoms with van der Waals surface area (Å²) in [7, 11) is 0. The third-order valence-electron chi connectivity index (χ3n) is 2.35. The predicted octanol–water partition coefficient (Wildman–Crippen LogP) is 1.78.